The Morgan fingerprint density at radius 2 is 2.00 bits per heavy atom. The molecule has 21 heavy (non-hydrogen) atoms. The van der Waals surface area contributed by atoms with Gasteiger partial charge in [0.05, 0.1) is 7.05 Å². The molecule has 0 aliphatic heterocycles. The molecule has 0 aliphatic carbocycles. The van der Waals surface area contributed by atoms with Crippen molar-refractivity contribution in [3.63, 3.8) is 0 Å². The predicted octanol–water partition coefficient (Wildman–Crippen LogP) is 2.72. The number of halogens is 1. The van der Waals surface area contributed by atoms with Gasteiger partial charge in [0.15, 0.2) is 6.54 Å². The molecule has 0 saturated heterocycles. The molecular formula is C16H23ClN3O+. The second kappa shape index (κ2) is 8.47. The number of imidazole rings is 1. The molecule has 2 rings (SSSR count). The molecule has 0 aliphatic rings. The van der Waals surface area contributed by atoms with Crippen molar-refractivity contribution in [1.29, 1.82) is 0 Å². The van der Waals surface area contributed by atoms with E-state index in [-0.39, 0.29) is 18.3 Å². The first-order valence-electron chi connectivity index (χ1n) is 7.07. The maximum absolute atomic E-state index is 11.9. The lowest BCUT2D eigenvalue weighted by atomic mass is 10.1. The standard InChI is InChI=1S/C16H21N3O.ClH/c1-3-4-5-14-6-8-15(9-7-14)17-16(20)12-19-11-10-18(2)13-19;/h6-11,13H,3-5,12H2,1-2H3;1H/p+1. The van der Waals surface area contributed by atoms with Crippen LogP contribution in [-0.2, 0) is 24.8 Å². The van der Waals surface area contributed by atoms with Crippen LogP contribution >= 0.6 is 12.4 Å². The van der Waals surface area contributed by atoms with E-state index < -0.39 is 0 Å². The highest BCUT2D eigenvalue weighted by Gasteiger charge is 2.08. The Bertz CT molecular complexity index is 563. The van der Waals surface area contributed by atoms with Gasteiger partial charge >= 0.3 is 0 Å². The molecule has 0 radical (unpaired) electrons. The third-order valence-corrected chi connectivity index (χ3v) is 3.21. The summed E-state index contributed by atoms with van der Waals surface area (Å²) in [5.41, 5.74) is 2.18. The van der Waals surface area contributed by atoms with Crippen LogP contribution in [0, 0.1) is 0 Å². The lowest BCUT2D eigenvalue weighted by molar-refractivity contribution is -0.671. The quantitative estimate of drug-likeness (QED) is 0.819. The van der Waals surface area contributed by atoms with Gasteiger partial charge in [-0.25, -0.2) is 9.13 Å². The summed E-state index contributed by atoms with van der Waals surface area (Å²) in [6.07, 6.45) is 9.18. The SMILES string of the molecule is CCCCc1ccc(NC(=O)Cn2cc[n+](C)c2)cc1.Cl. The van der Waals surface area contributed by atoms with Crippen molar-refractivity contribution < 1.29 is 9.36 Å². The normalized spacial score (nSPS) is 10.0. The van der Waals surface area contributed by atoms with Gasteiger partial charge in [-0.2, -0.15) is 0 Å². The van der Waals surface area contributed by atoms with Crippen LogP contribution in [0.2, 0.25) is 0 Å². The van der Waals surface area contributed by atoms with Crippen LogP contribution in [0.4, 0.5) is 5.69 Å². The van der Waals surface area contributed by atoms with E-state index in [1.54, 1.807) is 0 Å². The predicted molar refractivity (Wildman–Crippen MR) is 86.5 cm³/mol. The minimum absolute atomic E-state index is 0. The van der Waals surface area contributed by atoms with E-state index in [2.05, 4.69) is 24.4 Å². The van der Waals surface area contributed by atoms with Crippen LogP contribution in [0.1, 0.15) is 25.3 Å². The van der Waals surface area contributed by atoms with Crippen LogP contribution in [-0.4, -0.2) is 10.5 Å². The molecular weight excluding hydrogens is 286 g/mol. The number of anilines is 1. The first-order chi connectivity index (χ1) is 9.67. The topological polar surface area (TPSA) is 37.9 Å². The van der Waals surface area contributed by atoms with E-state index >= 15 is 0 Å². The van der Waals surface area contributed by atoms with Crippen molar-refractivity contribution in [2.45, 2.75) is 32.7 Å². The molecule has 0 fully saturated rings. The van der Waals surface area contributed by atoms with Crippen LogP contribution in [0.5, 0.6) is 0 Å². The molecule has 114 valence electrons. The molecule has 0 saturated carbocycles. The van der Waals surface area contributed by atoms with E-state index in [1.165, 1.54) is 18.4 Å². The molecule has 4 nitrogen and oxygen atoms in total. The number of unbranched alkanes of at least 4 members (excludes halogenated alkanes) is 1. The Morgan fingerprint density at radius 1 is 1.29 bits per heavy atom. The number of hydrogen-bond acceptors (Lipinski definition) is 1. The summed E-state index contributed by atoms with van der Waals surface area (Å²) >= 11 is 0. The molecule has 2 aromatic rings. The van der Waals surface area contributed by atoms with Gasteiger partial charge in [0, 0.05) is 5.69 Å². The first-order valence-corrected chi connectivity index (χ1v) is 7.07. The van der Waals surface area contributed by atoms with Crippen molar-refractivity contribution in [3.8, 4) is 0 Å². The number of carbonyl (C=O) groups excluding carboxylic acids is 1. The number of hydrogen-bond donors (Lipinski definition) is 1. The molecule has 1 amide bonds. The average molecular weight is 309 g/mol. The number of aryl methyl sites for hydroxylation is 2. The minimum atomic E-state index is -0.0116. The maximum atomic E-state index is 11.9. The largest absolute Gasteiger partial charge is 0.323 e. The molecule has 1 heterocycles. The van der Waals surface area contributed by atoms with Crippen LogP contribution in [0.3, 0.4) is 0 Å². The number of amides is 1. The second-order valence-corrected chi connectivity index (χ2v) is 5.10. The summed E-state index contributed by atoms with van der Waals surface area (Å²) in [7, 11) is 1.93. The molecule has 0 bridgehead atoms. The summed E-state index contributed by atoms with van der Waals surface area (Å²) in [4.78, 5) is 11.9. The Hall–Kier alpha value is -1.81. The van der Waals surface area contributed by atoms with E-state index in [1.807, 2.05) is 47.0 Å². The van der Waals surface area contributed by atoms with Crippen molar-refractivity contribution in [3.05, 3.63) is 48.5 Å². The summed E-state index contributed by atoms with van der Waals surface area (Å²) in [5, 5.41) is 2.91. The van der Waals surface area contributed by atoms with Crippen molar-refractivity contribution in [2.75, 3.05) is 5.32 Å². The van der Waals surface area contributed by atoms with Crippen LogP contribution in [0.15, 0.2) is 43.0 Å². The summed E-state index contributed by atoms with van der Waals surface area (Å²) in [6.45, 7) is 2.52. The number of nitrogens with one attached hydrogen (secondary N) is 1. The van der Waals surface area contributed by atoms with Crippen LogP contribution < -0.4 is 9.88 Å². The lowest BCUT2D eigenvalue weighted by Gasteiger charge is -2.05. The number of benzene rings is 1. The highest BCUT2D eigenvalue weighted by atomic mass is 35.5. The summed E-state index contributed by atoms with van der Waals surface area (Å²) < 4.78 is 3.76. The average Bonchev–Trinajstić information content (AvgIpc) is 2.83. The minimum Gasteiger partial charge on any atom is -0.323 e. The number of carbonyl (C=O) groups is 1. The van der Waals surface area contributed by atoms with Gasteiger partial charge in [0.1, 0.15) is 12.4 Å². The molecule has 5 heteroatoms. The van der Waals surface area contributed by atoms with Gasteiger partial charge in [0.25, 0.3) is 5.91 Å². The fourth-order valence-corrected chi connectivity index (χ4v) is 2.10. The molecule has 0 unspecified atom stereocenters. The van der Waals surface area contributed by atoms with E-state index in [0.717, 1.165) is 12.1 Å². The van der Waals surface area contributed by atoms with Gasteiger partial charge in [-0.1, -0.05) is 25.5 Å². The second-order valence-electron chi connectivity index (χ2n) is 5.10. The zero-order valence-corrected chi connectivity index (χ0v) is 13.4. The number of aromatic nitrogens is 2. The Labute approximate surface area is 132 Å². The zero-order chi connectivity index (χ0) is 14.4. The van der Waals surface area contributed by atoms with E-state index in [0.29, 0.717) is 6.54 Å². The van der Waals surface area contributed by atoms with Gasteiger partial charge in [-0.3, -0.25) is 4.79 Å². The Kier molecular flexibility index (Phi) is 6.96. The highest BCUT2D eigenvalue weighted by Crippen LogP contribution is 2.11. The van der Waals surface area contributed by atoms with Gasteiger partial charge < -0.3 is 5.32 Å². The van der Waals surface area contributed by atoms with E-state index in [9.17, 15) is 4.79 Å². The Balaban J connectivity index is 0.00000220. The third-order valence-electron chi connectivity index (χ3n) is 3.21. The maximum Gasteiger partial charge on any atom is 0.266 e. The molecule has 0 atom stereocenters. The van der Waals surface area contributed by atoms with Crippen molar-refractivity contribution in [1.82, 2.24) is 4.57 Å². The lowest BCUT2D eigenvalue weighted by Crippen LogP contribution is -2.25. The van der Waals surface area contributed by atoms with E-state index in [4.69, 9.17) is 0 Å². The fourth-order valence-electron chi connectivity index (χ4n) is 2.10. The smallest absolute Gasteiger partial charge is 0.266 e. The van der Waals surface area contributed by atoms with Gasteiger partial charge in [-0.05, 0) is 30.5 Å². The molecule has 1 aromatic heterocycles. The molecule has 1 aromatic carbocycles. The molecule has 0 spiro atoms. The van der Waals surface area contributed by atoms with Crippen LogP contribution in [0.25, 0.3) is 0 Å². The summed E-state index contributed by atoms with van der Waals surface area (Å²) in [5.74, 6) is -0.0116. The Morgan fingerprint density at radius 3 is 2.57 bits per heavy atom. The monoisotopic (exact) mass is 308 g/mol. The third kappa shape index (κ3) is 5.60. The summed E-state index contributed by atoms with van der Waals surface area (Å²) in [6, 6.07) is 8.11. The highest BCUT2D eigenvalue weighted by molar-refractivity contribution is 5.90. The number of rotatable bonds is 6. The zero-order valence-electron chi connectivity index (χ0n) is 12.6. The molecule has 1 N–H and O–H groups in total. The van der Waals surface area contributed by atoms with Gasteiger partial charge in [0.2, 0.25) is 6.33 Å². The number of nitrogens with zero attached hydrogens (tertiary/aromatic N) is 2. The first kappa shape index (κ1) is 17.2. The van der Waals surface area contributed by atoms with Crippen molar-refractivity contribution in [2.24, 2.45) is 7.05 Å². The fraction of sp³-hybridized carbons (Fsp3) is 0.375. The van der Waals surface area contributed by atoms with Gasteiger partial charge in [-0.15, -0.1) is 12.4 Å². The van der Waals surface area contributed by atoms with Crippen molar-refractivity contribution >= 4 is 24.0 Å².